The van der Waals surface area contributed by atoms with Crippen molar-refractivity contribution in [1.29, 1.82) is 0 Å². The van der Waals surface area contributed by atoms with Gasteiger partial charge in [0.05, 0.1) is 18.4 Å². The molecule has 1 amide bonds. The van der Waals surface area contributed by atoms with Crippen molar-refractivity contribution >= 4 is 5.91 Å². The number of hydrogen-bond acceptors (Lipinski definition) is 2. The number of aromatic nitrogens is 2. The summed E-state index contributed by atoms with van der Waals surface area (Å²) >= 11 is 0. The first-order valence-corrected chi connectivity index (χ1v) is 9.23. The van der Waals surface area contributed by atoms with Crippen LogP contribution < -0.4 is 5.32 Å². The van der Waals surface area contributed by atoms with Gasteiger partial charge in [0.25, 0.3) is 0 Å². The maximum Gasteiger partial charge on any atom is 0.224 e. The third-order valence-electron chi connectivity index (χ3n) is 5.22. The fourth-order valence-corrected chi connectivity index (χ4v) is 3.89. The highest BCUT2D eigenvalue weighted by molar-refractivity contribution is 5.80. The average molecular weight is 345 g/mol. The second kappa shape index (κ2) is 7.56. The fraction of sp³-hybridized carbons (Fsp3) is 0.273. The van der Waals surface area contributed by atoms with E-state index < -0.39 is 0 Å². The maximum absolute atomic E-state index is 12.7. The van der Waals surface area contributed by atoms with Crippen LogP contribution in [-0.2, 0) is 11.3 Å². The minimum Gasteiger partial charge on any atom is -0.349 e. The summed E-state index contributed by atoms with van der Waals surface area (Å²) in [6.45, 7) is 0.434. The van der Waals surface area contributed by atoms with Gasteiger partial charge in [0, 0.05) is 5.92 Å². The predicted octanol–water partition coefficient (Wildman–Crippen LogP) is 4.28. The largest absolute Gasteiger partial charge is 0.349 e. The molecule has 1 aliphatic rings. The minimum atomic E-state index is 0.0564. The van der Waals surface area contributed by atoms with Crippen LogP contribution in [0.15, 0.2) is 66.9 Å². The Morgan fingerprint density at radius 2 is 1.77 bits per heavy atom. The molecule has 0 spiro atoms. The molecule has 0 radical (unpaired) electrons. The molecule has 4 nitrogen and oxygen atoms in total. The van der Waals surface area contributed by atoms with E-state index in [9.17, 15) is 4.79 Å². The highest BCUT2D eigenvalue weighted by Crippen LogP contribution is 2.39. The van der Waals surface area contributed by atoms with E-state index in [-0.39, 0.29) is 11.8 Å². The van der Waals surface area contributed by atoms with Gasteiger partial charge in [-0.3, -0.25) is 4.79 Å². The Hall–Kier alpha value is -2.88. The topological polar surface area (TPSA) is 57.8 Å². The molecule has 4 heteroatoms. The highest BCUT2D eigenvalue weighted by Gasteiger charge is 2.33. The molecule has 2 aromatic carbocycles. The molecule has 1 saturated carbocycles. The number of carbonyl (C=O) groups excluding carboxylic acids is 1. The number of H-pyrrole nitrogens is 1. The Labute approximate surface area is 153 Å². The summed E-state index contributed by atoms with van der Waals surface area (Å²) in [5.74, 6) is 1.30. The van der Waals surface area contributed by atoms with Gasteiger partial charge in [0.1, 0.15) is 5.82 Å². The second-order valence-electron chi connectivity index (χ2n) is 6.88. The molecule has 1 aliphatic carbocycles. The van der Waals surface area contributed by atoms with E-state index in [4.69, 9.17) is 0 Å². The summed E-state index contributed by atoms with van der Waals surface area (Å²) in [4.78, 5) is 20.4. The van der Waals surface area contributed by atoms with E-state index in [0.29, 0.717) is 12.5 Å². The third kappa shape index (κ3) is 3.54. The van der Waals surface area contributed by atoms with Crippen LogP contribution in [0.4, 0.5) is 0 Å². The molecule has 0 aliphatic heterocycles. The fourth-order valence-electron chi connectivity index (χ4n) is 3.89. The van der Waals surface area contributed by atoms with Gasteiger partial charge in [-0.05, 0) is 29.9 Å². The van der Waals surface area contributed by atoms with Gasteiger partial charge in [-0.25, -0.2) is 4.98 Å². The number of carbonyl (C=O) groups is 1. The molecule has 3 aromatic rings. The van der Waals surface area contributed by atoms with Crippen molar-refractivity contribution in [2.24, 2.45) is 5.92 Å². The van der Waals surface area contributed by atoms with Gasteiger partial charge < -0.3 is 10.3 Å². The van der Waals surface area contributed by atoms with Gasteiger partial charge in [-0.1, -0.05) is 67.1 Å². The average Bonchev–Trinajstić information content (AvgIpc) is 3.37. The van der Waals surface area contributed by atoms with Crippen LogP contribution in [0.25, 0.3) is 11.3 Å². The van der Waals surface area contributed by atoms with Crippen LogP contribution in [0.5, 0.6) is 0 Å². The Kier molecular flexibility index (Phi) is 4.82. The van der Waals surface area contributed by atoms with Crippen molar-refractivity contribution in [2.75, 3.05) is 0 Å². The van der Waals surface area contributed by atoms with Crippen LogP contribution in [0, 0.1) is 5.92 Å². The summed E-state index contributed by atoms with van der Waals surface area (Å²) in [5.41, 5.74) is 3.34. The van der Waals surface area contributed by atoms with Crippen LogP contribution in [-0.4, -0.2) is 15.9 Å². The normalized spacial score (nSPS) is 19.4. The lowest BCUT2D eigenvalue weighted by atomic mass is 9.88. The molecular formula is C22H23N3O. The molecule has 1 heterocycles. The van der Waals surface area contributed by atoms with E-state index in [1.807, 2.05) is 42.6 Å². The van der Waals surface area contributed by atoms with Crippen molar-refractivity contribution in [3.63, 3.8) is 0 Å². The number of benzene rings is 2. The Morgan fingerprint density at radius 1 is 1.04 bits per heavy atom. The molecular weight excluding hydrogens is 322 g/mol. The summed E-state index contributed by atoms with van der Waals surface area (Å²) in [6, 6.07) is 20.5. The summed E-state index contributed by atoms with van der Waals surface area (Å²) < 4.78 is 0. The van der Waals surface area contributed by atoms with Gasteiger partial charge in [-0.15, -0.1) is 0 Å². The van der Waals surface area contributed by atoms with Crippen LogP contribution in [0.2, 0.25) is 0 Å². The number of rotatable bonds is 5. The van der Waals surface area contributed by atoms with Gasteiger partial charge in [0.15, 0.2) is 0 Å². The Bertz CT molecular complexity index is 857. The standard InChI is InChI=1S/C22H23N3O/c26-22(19-13-7-12-18(19)16-8-3-1-4-9-16)24-15-21-23-14-20(25-21)17-10-5-2-6-11-17/h1-6,8-11,14,18-19H,7,12-13,15H2,(H,23,25)(H,24,26). The minimum absolute atomic E-state index is 0.0564. The van der Waals surface area contributed by atoms with E-state index in [1.165, 1.54) is 5.56 Å². The first kappa shape index (κ1) is 16.6. The quantitative estimate of drug-likeness (QED) is 0.725. The summed E-state index contributed by atoms with van der Waals surface area (Å²) in [5, 5.41) is 3.07. The number of aromatic amines is 1. The van der Waals surface area contributed by atoms with E-state index in [1.54, 1.807) is 0 Å². The number of amides is 1. The first-order valence-electron chi connectivity index (χ1n) is 9.23. The monoisotopic (exact) mass is 345 g/mol. The van der Waals surface area contributed by atoms with Crippen molar-refractivity contribution in [3.8, 4) is 11.3 Å². The zero-order chi connectivity index (χ0) is 17.8. The van der Waals surface area contributed by atoms with Crippen molar-refractivity contribution in [1.82, 2.24) is 15.3 Å². The molecule has 1 fully saturated rings. The predicted molar refractivity (Wildman–Crippen MR) is 102 cm³/mol. The van der Waals surface area contributed by atoms with E-state index in [2.05, 4.69) is 39.6 Å². The van der Waals surface area contributed by atoms with Gasteiger partial charge in [-0.2, -0.15) is 0 Å². The molecule has 26 heavy (non-hydrogen) atoms. The van der Waals surface area contributed by atoms with E-state index in [0.717, 1.165) is 36.3 Å². The Balaban J connectivity index is 1.39. The van der Waals surface area contributed by atoms with Crippen molar-refractivity contribution in [2.45, 2.75) is 31.7 Å². The molecule has 1 aromatic heterocycles. The van der Waals surface area contributed by atoms with Gasteiger partial charge >= 0.3 is 0 Å². The lowest BCUT2D eigenvalue weighted by Crippen LogP contribution is -2.32. The molecule has 2 atom stereocenters. The van der Waals surface area contributed by atoms with Gasteiger partial charge in [0.2, 0.25) is 5.91 Å². The molecule has 132 valence electrons. The zero-order valence-electron chi connectivity index (χ0n) is 14.7. The van der Waals surface area contributed by atoms with Crippen LogP contribution in [0.3, 0.4) is 0 Å². The maximum atomic E-state index is 12.7. The molecule has 2 unspecified atom stereocenters. The third-order valence-corrected chi connectivity index (χ3v) is 5.22. The number of nitrogens with one attached hydrogen (secondary N) is 2. The van der Waals surface area contributed by atoms with Crippen LogP contribution in [0.1, 0.15) is 36.6 Å². The number of nitrogens with zero attached hydrogens (tertiary/aromatic N) is 1. The number of imidazole rings is 1. The smallest absolute Gasteiger partial charge is 0.224 e. The molecule has 4 rings (SSSR count). The molecule has 0 saturated heterocycles. The molecule has 0 bridgehead atoms. The SMILES string of the molecule is O=C(NCc1ncc(-c2ccccc2)[nH]1)C1CCCC1c1ccccc1. The Morgan fingerprint density at radius 3 is 2.54 bits per heavy atom. The summed E-state index contributed by atoms with van der Waals surface area (Å²) in [7, 11) is 0. The van der Waals surface area contributed by atoms with Crippen molar-refractivity contribution in [3.05, 3.63) is 78.2 Å². The van der Waals surface area contributed by atoms with E-state index >= 15 is 0 Å². The highest BCUT2D eigenvalue weighted by atomic mass is 16.1. The first-order chi connectivity index (χ1) is 12.8. The molecule has 2 N–H and O–H groups in total. The lowest BCUT2D eigenvalue weighted by molar-refractivity contribution is -0.125. The zero-order valence-corrected chi connectivity index (χ0v) is 14.7. The number of hydrogen-bond donors (Lipinski definition) is 2. The van der Waals surface area contributed by atoms with Crippen molar-refractivity contribution < 1.29 is 4.79 Å². The lowest BCUT2D eigenvalue weighted by Gasteiger charge is -2.19. The second-order valence-corrected chi connectivity index (χ2v) is 6.88. The van der Waals surface area contributed by atoms with Crippen LogP contribution >= 0.6 is 0 Å². The summed E-state index contributed by atoms with van der Waals surface area (Å²) in [6.07, 6.45) is 4.97.